The molecule has 128 valence electrons. The molecule has 0 saturated carbocycles. The summed E-state index contributed by atoms with van der Waals surface area (Å²) in [4.78, 5) is 26.4. The number of rotatable bonds is 6. The molecule has 0 aliphatic carbocycles. The van der Waals surface area contributed by atoms with Crippen molar-refractivity contribution >= 4 is 22.6 Å². The molecule has 2 atom stereocenters. The Labute approximate surface area is 143 Å². The SMILES string of the molecule is C[C@@H](NC(=O)C[NH+](C)CC(=O)N(C)C)c1cccc2ccccc12. The van der Waals surface area contributed by atoms with Crippen molar-refractivity contribution in [1.82, 2.24) is 10.2 Å². The van der Waals surface area contributed by atoms with Gasteiger partial charge in [0.15, 0.2) is 13.1 Å². The highest BCUT2D eigenvalue weighted by Crippen LogP contribution is 2.23. The van der Waals surface area contributed by atoms with Gasteiger partial charge < -0.3 is 15.1 Å². The van der Waals surface area contributed by atoms with E-state index in [2.05, 4.69) is 23.5 Å². The van der Waals surface area contributed by atoms with Gasteiger partial charge >= 0.3 is 0 Å². The lowest BCUT2D eigenvalue weighted by Gasteiger charge is -2.19. The van der Waals surface area contributed by atoms with Gasteiger partial charge in [0.1, 0.15) is 0 Å². The Kier molecular flexibility index (Phi) is 5.93. The molecule has 24 heavy (non-hydrogen) atoms. The monoisotopic (exact) mass is 328 g/mol. The molecule has 0 aliphatic rings. The minimum absolute atomic E-state index is 0.0161. The third-order valence-corrected chi connectivity index (χ3v) is 4.08. The summed E-state index contributed by atoms with van der Waals surface area (Å²) in [5.41, 5.74) is 1.10. The first-order valence-corrected chi connectivity index (χ1v) is 8.17. The molecule has 0 fully saturated rings. The number of nitrogens with one attached hydrogen (secondary N) is 2. The highest BCUT2D eigenvalue weighted by atomic mass is 16.2. The quantitative estimate of drug-likeness (QED) is 0.817. The van der Waals surface area contributed by atoms with Crippen LogP contribution in [0.5, 0.6) is 0 Å². The Hall–Kier alpha value is -2.40. The lowest BCUT2D eigenvalue weighted by Crippen LogP contribution is -3.11. The topological polar surface area (TPSA) is 53.9 Å². The fourth-order valence-electron chi connectivity index (χ4n) is 2.75. The molecule has 0 spiro atoms. The van der Waals surface area contributed by atoms with Crippen LogP contribution in [0, 0.1) is 0 Å². The number of fused-ring (bicyclic) bond motifs is 1. The summed E-state index contributed by atoms with van der Waals surface area (Å²) in [6, 6.07) is 14.2. The van der Waals surface area contributed by atoms with E-state index in [1.807, 2.05) is 38.2 Å². The van der Waals surface area contributed by atoms with Crippen molar-refractivity contribution in [3.63, 3.8) is 0 Å². The van der Waals surface area contributed by atoms with E-state index in [4.69, 9.17) is 0 Å². The van der Waals surface area contributed by atoms with Crippen molar-refractivity contribution in [2.45, 2.75) is 13.0 Å². The zero-order chi connectivity index (χ0) is 17.7. The van der Waals surface area contributed by atoms with Crippen LogP contribution in [-0.4, -0.2) is 50.9 Å². The maximum Gasteiger partial charge on any atom is 0.277 e. The number of quaternary nitrogens is 1. The van der Waals surface area contributed by atoms with Crippen LogP contribution in [0.25, 0.3) is 10.8 Å². The van der Waals surface area contributed by atoms with E-state index >= 15 is 0 Å². The minimum Gasteiger partial charge on any atom is -0.345 e. The molecule has 0 aliphatic heterocycles. The van der Waals surface area contributed by atoms with Gasteiger partial charge in [0.05, 0.1) is 13.1 Å². The smallest absolute Gasteiger partial charge is 0.277 e. The van der Waals surface area contributed by atoms with Crippen LogP contribution in [0.2, 0.25) is 0 Å². The van der Waals surface area contributed by atoms with Crippen LogP contribution in [0.4, 0.5) is 0 Å². The van der Waals surface area contributed by atoms with E-state index in [-0.39, 0.29) is 24.4 Å². The fraction of sp³-hybridized carbons (Fsp3) is 0.368. The second-order valence-corrected chi connectivity index (χ2v) is 6.46. The normalized spacial score (nSPS) is 13.3. The summed E-state index contributed by atoms with van der Waals surface area (Å²) in [7, 11) is 5.29. The molecule has 0 saturated heterocycles. The van der Waals surface area contributed by atoms with Gasteiger partial charge in [-0.1, -0.05) is 42.5 Å². The predicted molar refractivity (Wildman–Crippen MR) is 95.8 cm³/mol. The van der Waals surface area contributed by atoms with Gasteiger partial charge in [0.2, 0.25) is 0 Å². The van der Waals surface area contributed by atoms with Crippen LogP contribution in [0.3, 0.4) is 0 Å². The largest absolute Gasteiger partial charge is 0.345 e. The van der Waals surface area contributed by atoms with Crippen molar-refractivity contribution in [1.29, 1.82) is 0 Å². The zero-order valence-corrected chi connectivity index (χ0v) is 14.8. The predicted octanol–water partition coefficient (Wildman–Crippen LogP) is 0.620. The maximum atomic E-state index is 12.3. The van der Waals surface area contributed by atoms with Gasteiger partial charge in [-0.3, -0.25) is 9.59 Å². The summed E-state index contributed by atoms with van der Waals surface area (Å²) in [5, 5.41) is 5.35. The molecule has 2 aromatic carbocycles. The number of carbonyl (C=O) groups is 2. The van der Waals surface area contributed by atoms with Crippen molar-refractivity contribution in [2.24, 2.45) is 0 Å². The second kappa shape index (κ2) is 7.93. The van der Waals surface area contributed by atoms with Gasteiger partial charge in [-0.2, -0.15) is 0 Å². The first-order chi connectivity index (χ1) is 11.4. The Balaban J connectivity index is 1.99. The summed E-state index contributed by atoms with van der Waals surface area (Å²) in [5.74, 6) is -0.0399. The number of benzene rings is 2. The van der Waals surface area contributed by atoms with Crippen molar-refractivity contribution in [3.8, 4) is 0 Å². The van der Waals surface area contributed by atoms with Gasteiger partial charge in [0, 0.05) is 14.1 Å². The molecule has 5 heteroatoms. The molecule has 0 heterocycles. The molecule has 0 radical (unpaired) electrons. The summed E-state index contributed by atoms with van der Waals surface area (Å²) in [6.45, 7) is 2.57. The zero-order valence-electron chi connectivity index (χ0n) is 14.8. The Morgan fingerprint density at radius 2 is 1.75 bits per heavy atom. The molecular formula is C19H26N3O2+. The molecule has 2 N–H and O–H groups in total. The van der Waals surface area contributed by atoms with Gasteiger partial charge in [-0.05, 0) is 23.3 Å². The van der Waals surface area contributed by atoms with Crippen LogP contribution in [0.15, 0.2) is 42.5 Å². The summed E-state index contributed by atoms with van der Waals surface area (Å²) < 4.78 is 0. The first kappa shape index (κ1) is 17.9. The number of nitrogens with zero attached hydrogens (tertiary/aromatic N) is 1. The third kappa shape index (κ3) is 4.55. The average Bonchev–Trinajstić information content (AvgIpc) is 2.53. The van der Waals surface area contributed by atoms with Crippen LogP contribution in [-0.2, 0) is 9.59 Å². The molecule has 2 amide bonds. The minimum atomic E-state index is -0.0825. The molecule has 2 rings (SSSR count). The number of hydrogen-bond donors (Lipinski definition) is 2. The molecule has 0 aromatic heterocycles. The molecule has 5 nitrogen and oxygen atoms in total. The molecule has 1 unspecified atom stereocenters. The summed E-state index contributed by atoms with van der Waals surface area (Å²) in [6.07, 6.45) is 0. The lowest BCUT2D eigenvalue weighted by molar-refractivity contribution is -0.862. The molecule has 0 bridgehead atoms. The van der Waals surface area contributed by atoms with Crippen molar-refractivity contribution in [2.75, 3.05) is 34.2 Å². The van der Waals surface area contributed by atoms with Gasteiger partial charge in [-0.25, -0.2) is 0 Å². The fourth-order valence-corrected chi connectivity index (χ4v) is 2.75. The van der Waals surface area contributed by atoms with E-state index in [1.165, 1.54) is 0 Å². The Morgan fingerprint density at radius 3 is 2.46 bits per heavy atom. The van der Waals surface area contributed by atoms with E-state index in [1.54, 1.807) is 19.0 Å². The van der Waals surface area contributed by atoms with Crippen LogP contribution in [0.1, 0.15) is 18.5 Å². The number of carbonyl (C=O) groups excluding carboxylic acids is 2. The number of likely N-dealkylation sites (N-methyl/N-ethyl adjacent to an activating group) is 2. The van der Waals surface area contributed by atoms with Crippen LogP contribution < -0.4 is 10.2 Å². The van der Waals surface area contributed by atoms with Gasteiger partial charge in [-0.15, -0.1) is 0 Å². The Morgan fingerprint density at radius 1 is 1.08 bits per heavy atom. The van der Waals surface area contributed by atoms with E-state index < -0.39 is 0 Å². The van der Waals surface area contributed by atoms with Crippen molar-refractivity contribution < 1.29 is 14.5 Å². The van der Waals surface area contributed by atoms with E-state index in [9.17, 15) is 9.59 Å². The van der Waals surface area contributed by atoms with Gasteiger partial charge in [0.25, 0.3) is 11.8 Å². The third-order valence-electron chi connectivity index (χ3n) is 4.08. The summed E-state index contributed by atoms with van der Waals surface area (Å²) >= 11 is 0. The maximum absolute atomic E-state index is 12.3. The van der Waals surface area contributed by atoms with Crippen LogP contribution >= 0.6 is 0 Å². The standard InChI is InChI=1S/C19H25N3O2/c1-14(16-11-7-9-15-8-5-6-10-17(15)16)20-18(23)12-22(4)13-19(24)21(2)3/h5-11,14H,12-13H2,1-4H3,(H,20,23)/p+1/t14-/m1/s1. The first-order valence-electron chi connectivity index (χ1n) is 8.17. The number of hydrogen-bond acceptors (Lipinski definition) is 2. The molecule has 2 aromatic rings. The highest BCUT2D eigenvalue weighted by molar-refractivity contribution is 5.87. The second-order valence-electron chi connectivity index (χ2n) is 6.46. The highest BCUT2D eigenvalue weighted by Gasteiger charge is 2.18. The van der Waals surface area contributed by atoms with E-state index in [0.29, 0.717) is 6.54 Å². The lowest BCUT2D eigenvalue weighted by atomic mass is 10.00. The number of amides is 2. The Bertz CT molecular complexity index is 722. The average molecular weight is 328 g/mol. The van der Waals surface area contributed by atoms with E-state index in [0.717, 1.165) is 21.2 Å². The van der Waals surface area contributed by atoms with Crippen molar-refractivity contribution in [3.05, 3.63) is 48.0 Å². The molecular weight excluding hydrogens is 302 g/mol.